The molecule has 148 valence electrons. The Morgan fingerprint density at radius 3 is 2.57 bits per heavy atom. The third-order valence-electron chi connectivity index (χ3n) is 5.77. The lowest BCUT2D eigenvalue weighted by atomic mass is 9.60. The summed E-state index contributed by atoms with van der Waals surface area (Å²) in [6, 6.07) is 16.9. The minimum atomic E-state index is -0.970. The number of nitrogens with two attached hydrogens (primary N) is 1. The molecule has 0 fully saturated rings. The van der Waals surface area contributed by atoms with Crippen LogP contribution in [0.25, 0.3) is 0 Å². The Bertz CT molecular complexity index is 899. The summed E-state index contributed by atoms with van der Waals surface area (Å²) < 4.78 is 6.12. The Morgan fingerprint density at radius 2 is 1.96 bits per heavy atom. The Kier molecular flexibility index (Phi) is 5.60. The summed E-state index contributed by atoms with van der Waals surface area (Å²) in [7, 11) is 0. The molecule has 2 N–H and O–H groups in total. The molecular weight excluding hydrogens is 346 g/mol. The van der Waals surface area contributed by atoms with Crippen LogP contribution < -0.4 is 5.73 Å². The number of rotatable bonds is 7. The molecule has 28 heavy (non-hydrogen) atoms. The fraction of sp³-hybridized carbons (Fsp3) is 0.400. The van der Waals surface area contributed by atoms with Crippen LogP contribution in [0.1, 0.15) is 62.3 Å². The molecule has 3 nitrogen and oxygen atoms in total. The van der Waals surface area contributed by atoms with Gasteiger partial charge in [0.15, 0.2) is 0 Å². The lowest BCUT2D eigenvalue weighted by Gasteiger charge is -2.44. The van der Waals surface area contributed by atoms with Crippen molar-refractivity contribution in [2.24, 2.45) is 5.73 Å². The number of ketones is 1. The minimum absolute atomic E-state index is 0.0802. The summed E-state index contributed by atoms with van der Waals surface area (Å²) in [4.78, 5) is 11.4. The number of hydrogen-bond acceptors (Lipinski definition) is 3. The van der Waals surface area contributed by atoms with Crippen molar-refractivity contribution >= 4 is 5.78 Å². The maximum absolute atomic E-state index is 11.4. The van der Waals surface area contributed by atoms with E-state index in [2.05, 4.69) is 62.4 Å². The highest BCUT2D eigenvalue weighted by Gasteiger charge is 2.42. The molecule has 0 aliphatic heterocycles. The molecule has 0 saturated carbocycles. The predicted molar refractivity (Wildman–Crippen MR) is 114 cm³/mol. The Morgan fingerprint density at radius 1 is 1.25 bits per heavy atom. The van der Waals surface area contributed by atoms with Gasteiger partial charge in [-0.15, -0.1) is 0 Å². The van der Waals surface area contributed by atoms with Gasteiger partial charge in [-0.05, 0) is 38.8 Å². The minimum Gasteiger partial charge on any atom is -0.353 e. The van der Waals surface area contributed by atoms with E-state index < -0.39 is 5.72 Å². The van der Waals surface area contributed by atoms with Crippen molar-refractivity contribution in [1.29, 1.82) is 0 Å². The number of hydrogen-bond donors (Lipinski definition) is 1. The van der Waals surface area contributed by atoms with Gasteiger partial charge >= 0.3 is 0 Å². The second-order valence-corrected chi connectivity index (χ2v) is 8.52. The first kappa shape index (κ1) is 20.5. The zero-order valence-corrected chi connectivity index (χ0v) is 17.5. The van der Waals surface area contributed by atoms with E-state index in [0.29, 0.717) is 6.42 Å². The molecule has 2 aromatic rings. The first-order chi connectivity index (χ1) is 13.1. The van der Waals surface area contributed by atoms with Crippen LogP contribution in [0.5, 0.6) is 0 Å². The van der Waals surface area contributed by atoms with Crippen molar-refractivity contribution < 1.29 is 9.53 Å². The Hall–Kier alpha value is -2.23. The van der Waals surface area contributed by atoms with Crippen molar-refractivity contribution in [2.75, 3.05) is 0 Å². The predicted octanol–water partition coefficient (Wildman–Crippen LogP) is 5.12. The second kappa shape index (κ2) is 7.65. The molecule has 3 rings (SSSR count). The van der Waals surface area contributed by atoms with Gasteiger partial charge in [0.2, 0.25) is 0 Å². The van der Waals surface area contributed by atoms with E-state index in [1.807, 2.05) is 26.0 Å². The van der Waals surface area contributed by atoms with Crippen molar-refractivity contribution in [3.8, 4) is 0 Å². The van der Waals surface area contributed by atoms with E-state index in [1.165, 1.54) is 16.7 Å². The molecule has 0 radical (unpaired) electrons. The van der Waals surface area contributed by atoms with Gasteiger partial charge < -0.3 is 4.74 Å². The van der Waals surface area contributed by atoms with Crippen LogP contribution >= 0.6 is 0 Å². The van der Waals surface area contributed by atoms with Crippen LogP contribution in [0.2, 0.25) is 0 Å². The van der Waals surface area contributed by atoms with Gasteiger partial charge in [-0.1, -0.05) is 73.2 Å². The van der Waals surface area contributed by atoms with Gasteiger partial charge in [0, 0.05) is 23.3 Å². The highest BCUT2D eigenvalue weighted by atomic mass is 16.5. The number of benzene rings is 2. The van der Waals surface area contributed by atoms with Crippen molar-refractivity contribution in [3.63, 3.8) is 0 Å². The van der Waals surface area contributed by atoms with Crippen LogP contribution in [0.4, 0.5) is 0 Å². The zero-order valence-electron chi connectivity index (χ0n) is 17.5. The van der Waals surface area contributed by atoms with Gasteiger partial charge in [0.05, 0.1) is 6.10 Å². The monoisotopic (exact) mass is 377 g/mol. The van der Waals surface area contributed by atoms with Crippen LogP contribution in [0.3, 0.4) is 0 Å². The van der Waals surface area contributed by atoms with Crippen molar-refractivity contribution in [2.45, 2.75) is 64.2 Å². The van der Waals surface area contributed by atoms with Gasteiger partial charge in [-0.3, -0.25) is 10.5 Å². The average Bonchev–Trinajstić information content (AvgIpc) is 2.59. The third kappa shape index (κ3) is 3.96. The first-order valence-corrected chi connectivity index (χ1v) is 9.95. The summed E-state index contributed by atoms with van der Waals surface area (Å²) >= 11 is 0. The van der Waals surface area contributed by atoms with Crippen LogP contribution in [-0.4, -0.2) is 11.9 Å². The third-order valence-corrected chi connectivity index (χ3v) is 5.77. The van der Waals surface area contributed by atoms with E-state index >= 15 is 0 Å². The number of allylic oxidation sites excluding steroid dienone is 2. The van der Waals surface area contributed by atoms with Crippen LogP contribution in [-0.2, 0) is 20.7 Å². The van der Waals surface area contributed by atoms with E-state index in [4.69, 9.17) is 10.5 Å². The first-order valence-electron chi connectivity index (χ1n) is 9.95. The van der Waals surface area contributed by atoms with Crippen molar-refractivity contribution in [1.82, 2.24) is 0 Å². The quantitative estimate of drug-likeness (QED) is 0.538. The summed E-state index contributed by atoms with van der Waals surface area (Å²) in [6.45, 7) is 9.76. The maximum atomic E-state index is 11.4. The van der Waals surface area contributed by atoms with Gasteiger partial charge in [-0.25, -0.2) is 0 Å². The number of Topliss-reactive ketones (excluding diaryl/α,β-unsaturated/α-hetero) is 1. The molecule has 0 amide bonds. The molecule has 2 unspecified atom stereocenters. The van der Waals surface area contributed by atoms with E-state index in [9.17, 15) is 4.79 Å². The summed E-state index contributed by atoms with van der Waals surface area (Å²) in [6.07, 6.45) is 4.65. The van der Waals surface area contributed by atoms with E-state index in [1.54, 1.807) is 6.92 Å². The zero-order chi connectivity index (χ0) is 20.5. The number of ether oxygens (including phenoxy) is 1. The molecule has 0 saturated heterocycles. The molecule has 3 heteroatoms. The Labute approximate surface area is 168 Å². The Balaban J connectivity index is 1.94. The summed E-state index contributed by atoms with van der Waals surface area (Å²) in [5.41, 5.74) is 10.3. The van der Waals surface area contributed by atoms with Crippen LogP contribution in [0.15, 0.2) is 60.7 Å². The molecular formula is C25H31NO2. The van der Waals surface area contributed by atoms with E-state index in [0.717, 1.165) is 5.56 Å². The molecule has 0 aromatic heterocycles. The highest BCUT2D eigenvalue weighted by molar-refractivity contribution is 5.75. The standard InChI is InChI=1S/C25H31NO2/c1-17-9-8-10-20(15-17)24(4)14-13-22(24)21-11-6-7-12-23(21)25(5,26)28-19(3)16-18(2)27/h6-15,19,22H,16,26H2,1-5H3/t19?,22-,24?,25+/m1/s1. The molecule has 0 spiro atoms. The second-order valence-electron chi connectivity index (χ2n) is 8.52. The number of carbonyl (C=O) groups is 1. The molecule has 1 aliphatic carbocycles. The fourth-order valence-electron chi connectivity index (χ4n) is 4.31. The lowest BCUT2D eigenvalue weighted by molar-refractivity contribution is -0.125. The van der Waals surface area contributed by atoms with Crippen molar-refractivity contribution in [3.05, 3.63) is 82.9 Å². The molecule has 1 aliphatic rings. The van der Waals surface area contributed by atoms with Gasteiger partial charge in [0.25, 0.3) is 0 Å². The summed E-state index contributed by atoms with van der Waals surface area (Å²) in [5, 5.41) is 0. The average molecular weight is 378 g/mol. The number of carbonyl (C=O) groups excluding carboxylic acids is 1. The maximum Gasteiger partial charge on any atom is 0.140 e. The smallest absolute Gasteiger partial charge is 0.140 e. The van der Waals surface area contributed by atoms with Crippen LogP contribution in [0, 0.1) is 6.92 Å². The van der Waals surface area contributed by atoms with Gasteiger partial charge in [-0.2, -0.15) is 0 Å². The topological polar surface area (TPSA) is 52.3 Å². The lowest BCUT2D eigenvalue weighted by Crippen LogP contribution is -2.42. The normalized spacial score (nSPS) is 24.3. The fourth-order valence-corrected chi connectivity index (χ4v) is 4.31. The molecule has 4 atom stereocenters. The van der Waals surface area contributed by atoms with E-state index in [-0.39, 0.29) is 23.2 Å². The summed E-state index contributed by atoms with van der Waals surface area (Å²) in [5.74, 6) is 0.325. The SMILES string of the molecule is CC(=O)CC(C)O[C@](C)(N)c1ccccc1[C@H]1C=CC1(C)c1cccc(C)c1. The van der Waals surface area contributed by atoms with Gasteiger partial charge in [0.1, 0.15) is 11.5 Å². The molecule has 0 bridgehead atoms. The largest absolute Gasteiger partial charge is 0.353 e. The highest BCUT2D eigenvalue weighted by Crippen LogP contribution is 2.50. The number of aryl methyl sites for hydroxylation is 1. The molecule has 0 heterocycles. The molecule has 2 aromatic carbocycles.